The second kappa shape index (κ2) is 2.96. The van der Waals surface area contributed by atoms with Gasteiger partial charge in [0.1, 0.15) is 0 Å². The van der Waals surface area contributed by atoms with Crippen molar-refractivity contribution in [3.63, 3.8) is 0 Å². The molecule has 4 heavy (non-hydrogen) atoms. The summed E-state index contributed by atoms with van der Waals surface area (Å²) in [6, 6.07) is 0. The molecule has 0 atom stereocenters. The van der Waals surface area contributed by atoms with E-state index in [1.807, 2.05) is 6.92 Å². The predicted octanol–water partition coefficient (Wildman–Crippen LogP) is 0.493. The largest absolute Gasteiger partial charge is 0.258 e. The molecular weight excluding hydrogens is 50.0 g/mol. The van der Waals surface area contributed by atoms with Crippen molar-refractivity contribution >= 4 is 0 Å². The SMILES string of the molecule is C[CH]C[NH]. The van der Waals surface area contributed by atoms with Crippen molar-refractivity contribution in [2.75, 3.05) is 6.54 Å². The first-order valence-corrected chi connectivity index (χ1v) is 1.34. The van der Waals surface area contributed by atoms with Crippen LogP contribution in [0.25, 0.3) is 0 Å². The molecule has 0 aliphatic heterocycles. The van der Waals surface area contributed by atoms with Gasteiger partial charge in [0.25, 0.3) is 0 Å². The minimum Gasteiger partial charge on any atom is -0.258 e. The Bertz CT molecular complexity index is 5.25. The third-order valence-corrected chi connectivity index (χ3v) is 0.204. The second-order valence-electron chi connectivity index (χ2n) is 0.612. The summed E-state index contributed by atoms with van der Waals surface area (Å²) in [5.41, 5.74) is 6.40. The van der Waals surface area contributed by atoms with E-state index in [1.165, 1.54) is 0 Å². The molecule has 0 unspecified atom stereocenters. The van der Waals surface area contributed by atoms with Gasteiger partial charge in [0.2, 0.25) is 0 Å². The number of rotatable bonds is 1. The Kier molecular flexibility index (Phi) is 2.93. The summed E-state index contributed by atoms with van der Waals surface area (Å²) in [7, 11) is 0. The third kappa shape index (κ3) is 1.96. The molecule has 0 saturated heterocycles. The van der Waals surface area contributed by atoms with E-state index in [2.05, 4.69) is 0 Å². The molecule has 0 aromatic heterocycles. The molecule has 0 aromatic rings. The summed E-state index contributed by atoms with van der Waals surface area (Å²) in [4.78, 5) is 0. The van der Waals surface area contributed by atoms with E-state index in [0.717, 1.165) is 0 Å². The number of hydrogen-bond donors (Lipinski definition) is 0. The Morgan fingerprint density at radius 3 is 2.25 bits per heavy atom. The van der Waals surface area contributed by atoms with Gasteiger partial charge in [0, 0.05) is 6.54 Å². The maximum absolute atomic E-state index is 6.40. The highest BCUT2D eigenvalue weighted by Gasteiger charge is 1.57. The van der Waals surface area contributed by atoms with Gasteiger partial charge in [0.05, 0.1) is 0 Å². The molecule has 0 fully saturated rings. The van der Waals surface area contributed by atoms with Gasteiger partial charge in [-0.3, -0.25) is 5.73 Å². The third-order valence-electron chi connectivity index (χ3n) is 0.204. The summed E-state index contributed by atoms with van der Waals surface area (Å²) in [5.74, 6) is 0. The first-order valence-electron chi connectivity index (χ1n) is 1.34. The van der Waals surface area contributed by atoms with Crippen LogP contribution in [0.15, 0.2) is 0 Å². The van der Waals surface area contributed by atoms with E-state index >= 15 is 0 Å². The monoisotopic (exact) mass is 57.1 g/mol. The lowest BCUT2D eigenvalue weighted by Gasteiger charge is -1.67. The van der Waals surface area contributed by atoms with E-state index in [9.17, 15) is 0 Å². The van der Waals surface area contributed by atoms with Crippen LogP contribution < -0.4 is 5.73 Å². The van der Waals surface area contributed by atoms with Crippen LogP contribution in [0.5, 0.6) is 0 Å². The number of nitrogens with one attached hydrogen (secondary N) is 1. The Labute approximate surface area is 26.8 Å². The van der Waals surface area contributed by atoms with Gasteiger partial charge in [-0.2, -0.15) is 0 Å². The van der Waals surface area contributed by atoms with Crippen LogP contribution in [0.2, 0.25) is 0 Å². The first-order chi connectivity index (χ1) is 1.91. The Balaban J connectivity index is 1.97. The highest BCUT2D eigenvalue weighted by molar-refractivity contribution is 4.50. The van der Waals surface area contributed by atoms with Gasteiger partial charge in [-0.15, -0.1) is 0 Å². The van der Waals surface area contributed by atoms with Crippen LogP contribution in [-0.2, 0) is 0 Å². The van der Waals surface area contributed by atoms with E-state index in [4.69, 9.17) is 5.73 Å². The molecule has 2 radical (unpaired) electrons. The van der Waals surface area contributed by atoms with Crippen molar-refractivity contribution in [3.8, 4) is 0 Å². The van der Waals surface area contributed by atoms with Crippen molar-refractivity contribution in [2.45, 2.75) is 6.92 Å². The van der Waals surface area contributed by atoms with Crippen molar-refractivity contribution < 1.29 is 0 Å². The molecule has 0 amide bonds. The van der Waals surface area contributed by atoms with Gasteiger partial charge in [-0.1, -0.05) is 6.92 Å². The fraction of sp³-hybridized carbons (Fsp3) is 0.667. The fourth-order valence-electron chi connectivity index (χ4n) is 0. The molecule has 0 aliphatic carbocycles. The molecule has 0 heterocycles. The van der Waals surface area contributed by atoms with Gasteiger partial charge < -0.3 is 0 Å². The van der Waals surface area contributed by atoms with Gasteiger partial charge in [-0.25, -0.2) is 0 Å². The van der Waals surface area contributed by atoms with Crippen molar-refractivity contribution in [2.24, 2.45) is 0 Å². The molecule has 0 saturated carbocycles. The summed E-state index contributed by atoms with van der Waals surface area (Å²) < 4.78 is 0. The lowest BCUT2D eigenvalue weighted by atomic mass is 10.5. The summed E-state index contributed by atoms with van der Waals surface area (Å²) in [6.07, 6.45) is 1.79. The average molecular weight is 57.1 g/mol. The normalized spacial score (nSPS) is 7.50. The minimum absolute atomic E-state index is 0.444. The van der Waals surface area contributed by atoms with Crippen molar-refractivity contribution in [1.82, 2.24) is 5.73 Å². The minimum atomic E-state index is 0.444. The fourth-order valence-corrected chi connectivity index (χ4v) is 0. The standard InChI is InChI=1S/C3H7N/c1-2-3-4/h2,4H,3H2,1H3. The van der Waals surface area contributed by atoms with Crippen LogP contribution in [0, 0.1) is 6.42 Å². The van der Waals surface area contributed by atoms with Gasteiger partial charge in [0.15, 0.2) is 0 Å². The zero-order chi connectivity index (χ0) is 3.41. The molecule has 1 heteroatoms. The molecule has 0 aromatic carbocycles. The molecule has 1 N–H and O–H groups in total. The van der Waals surface area contributed by atoms with Crippen LogP contribution >= 0.6 is 0 Å². The van der Waals surface area contributed by atoms with E-state index in [1.54, 1.807) is 6.42 Å². The van der Waals surface area contributed by atoms with Crippen molar-refractivity contribution in [3.05, 3.63) is 6.42 Å². The van der Waals surface area contributed by atoms with E-state index in [-0.39, 0.29) is 0 Å². The zero-order valence-corrected chi connectivity index (χ0v) is 2.78. The second-order valence-corrected chi connectivity index (χ2v) is 0.612. The molecular formula is C3H7N. The first kappa shape index (κ1) is 3.96. The van der Waals surface area contributed by atoms with Crippen LogP contribution in [0.3, 0.4) is 0 Å². The van der Waals surface area contributed by atoms with E-state index in [0.29, 0.717) is 6.54 Å². The Morgan fingerprint density at radius 1 is 2.00 bits per heavy atom. The van der Waals surface area contributed by atoms with Gasteiger partial charge in [-0.05, 0) is 6.42 Å². The van der Waals surface area contributed by atoms with Crippen LogP contribution in [-0.4, -0.2) is 6.54 Å². The summed E-state index contributed by atoms with van der Waals surface area (Å²) in [5, 5.41) is 0. The lowest BCUT2D eigenvalue weighted by molar-refractivity contribution is 1.10. The van der Waals surface area contributed by atoms with Crippen LogP contribution in [0.1, 0.15) is 6.92 Å². The quantitative estimate of drug-likeness (QED) is 0.418. The summed E-state index contributed by atoms with van der Waals surface area (Å²) >= 11 is 0. The molecule has 0 bridgehead atoms. The predicted molar refractivity (Wildman–Crippen MR) is 17.9 cm³/mol. The highest BCUT2D eigenvalue weighted by atomic mass is 14.5. The smallest absolute Gasteiger partial charge is 0.0128 e. The maximum atomic E-state index is 6.40. The highest BCUT2D eigenvalue weighted by Crippen LogP contribution is 1.57. The Morgan fingerprint density at radius 2 is 2.25 bits per heavy atom. The molecule has 24 valence electrons. The molecule has 0 aliphatic rings. The average Bonchev–Trinajstić information content (AvgIpc) is 1.37. The molecule has 1 nitrogen and oxygen atoms in total. The Hall–Kier alpha value is -0.0400. The van der Waals surface area contributed by atoms with Gasteiger partial charge >= 0.3 is 0 Å². The van der Waals surface area contributed by atoms with Crippen molar-refractivity contribution in [1.29, 1.82) is 0 Å². The maximum Gasteiger partial charge on any atom is 0.0128 e. The van der Waals surface area contributed by atoms with Crippen LogP contribution in [0.4, 0.5) is 0 Å². The topological polar surface area (TPSA) is 23.8 Å². The van der Waals surface area contributed by atoms with E-state index < -0.39 is 0 Å². The molecule has 0 spiro atoms. The molecule has 0 rings (SSSR count). The summed E-state index contributed by atoms with van der Waals surface area (Å²) in [6.45, 7) is 2.31. The number of hydrogen-bond acceptors (Lipinski definition) is 0. The zero-order valence-electron chi connectivity index (χ0n) is 2.78. The lowest BCUT2D eigenvalue weighted by Crippen LogP contribution is -1.75.